The SMILES string of the molecule is Cc1ccnn1Cc1ccc(CCNC(C)(C)C)cc1. The van der Waals surface area contributed by atoms with E-state index < -0.39 is 0 Å². The van der Waals surface area contributed by atoms with E-state index in [0.717, 1.165) is 19.5 Å². The second kappa shape index (κ2) is 6.23. The molecule has 0 saturated carbocycles. The molecule has 1 aromatic carbocycles. The smallest absolute Gasteiger partial charge is 0.0662 e. The number of nitrogens with one attached hydrogen (secondary N) is 1. The minimum Gasteiger partial charge on any atom is -0.312 e. The molecule has 0 saturated heterocycles. The number of rotatable bonds is 5. The molecule has 0 spiro atoms. The van der Waals surface area contributed by atoms with Gasteiger partial charge in [-0.3, -0.25) is 4.68 Å². The molecule has 0 bridgehead atoms. The lowest BCUT2D eigenvalue weighted by atomic mass is 10.1. The van der Waals surface area contributed by atoms with E-state index >= 15 is 0 Å². The molecular weight excluding hydrogens is 246 g/mol. The van der Waals surface area contributed by atoms with Gasteiger partial charge in [0, 0.05) is 17.4 Å². The fraction of sp³-hybridized carbons (Fsp3) is 0.471. The largest absolute Gasteiger partial charge is 0.312 e. The Morgan fingerprint density at radius 3 is 2.25 bits per heavy atom. The molecule has 2 aromatic rings. The third-order valence-electron chi connectivity index (χ3n) is 3.35. The second-order valence-corrected chi connectivity index (χ2v) is 6.37. The molecule has 1 heterocycles. The van der Waals surface area contributed by atoms with Gasteiger partial charge in [0.2, 0.25) is 0 Å². The Morgan fingerprint density at radius 1 is 1.05 bits per heavy atom. The number of hydrogen-bond donors (Lipinski definition) is 1. The maximum absolute atomic E-state index is 4.32. The Hall–Kier alpha value is -1.61. The molecule has 3 heteroatoms. The van der Waals surface area contributed by atoms with Crippen LogP contribution in [0.25, 0.3) is 0 Å². The van der Waals surface area contributed by atoms with Crippen molar-refractivity contribution in [2.75, 3.05) is 6.54 Å². The number of nitrogens with zero attached hydrogens (tertiary/aromatic N) is 2. The van der Waals surface area contributed by atoms with Crippen molar-refractivity contribution < 1.29 is 0 Å². The molecule has 0 unspecified atom stereocenters. The third kappa shape index (κ3) is 4.49. The minimum atomic E-state index is 0.192. The predicted octanol–water partition coefficient (Wildman–Crippen LogP) is 3.17. The number of hydrogen-bond acceptors (Lipinski definition) is 2. The average Bonchev–Trinajstić information content (AvgIpc) is 2.76. The molecule has 20 heavy (non-hydrogen) atoms. The highest BCUT2D eigenvalue weighted by molar-refractivity contribution is 5.23. The van der Waals surface area contributed by atoms with Gasteiger partial charge in [0.05, 0.1) is 6.54 Å². The highest BCUT2D eigenvalue weighted by Crippen LogP contribution is 2.08. The quantitative estimate of drug-likeness (QED) is 0.905. The first-order valence-electron chi connectivity index (χ1n) is 7.25. The van der Waals surface area contributed by atoms with Gasteiger partial charge in [-0.25, -0.2) is 0 Å². The molecule has 0 aliphatic heterocycles. The van der Waals surface area contributed by atoms with Gasteiger partial charge in [-0.15, -0.1) is 0 Å². The van der Waals surface area contributed by atoms with Crippen LogP contribution >= 0.6 is 0 Å². The molecule has 1 N–H and O–H groups in total. The Morgan fingerprint density at radius 2 is 1.70 bits per heavy atom. The topological polar surface area (TPSA) is 29.9 Å². The first-order chi connectivity index (χ1) is 9.44. The standard InChI is InChI=1S/C17H25N3/c1-14-9-12-19-20(14)13-16-7-5-15(6-8-16)10-11-18-17(2,3)4/h5-9,12,18H,10-11,13H2,1-4H3. The minimum absolute atomic E-state index is 0.192. The van der Waals surface area contributed by atoms with Crippen molar-refractivity contribution in [1.82, 2.24) is 15.1 Å². The molecule has 2 rings (SSSR count). The zero-order chi connectivity index (χ0) is 14.6. The lowest BCUT2D eigenvalue weighted by Gasteiger charge is -2.20. The summed E-state index contributed by atoms with van der Waals surface area (Å²) in [5, 5.41) is 7.83. The van der Waals surface area contributed by atoms with Crippen molar-refractivity contribution in [3.05, 3.63) is 53.3 Å². The molecule has 0 atom stereocenters. The normalized spacial score (nSPS) is 11.8. The van der Waals surface area contributed by atoms with Crippen molar-refractivity contribution in [1.29, 1.82) is 0 Å². The Bertz CT molecular complexity index is 532. The summed E-state index contributed by atoms with van der Waals surface area (Å²) in [4.78, 5) is 0. The molecule has 0 radical (unpaired) electrons. The molecular formula is C17H25N3. The molecule has 0 aliphatic carbocycles. The first-order valence-corrected chi connectivity index (χ1v) is 7.25. The third-order valence-corrected chi connectivity index (χ3v) is 3.35. The van der Waals surface area contributed by atoms with Crippen molar-refractivity contribution in [2.24, 2.45) is 0 Å². The lowest BCUT2D eigenvalue weighted by molar-refractivity contribution is 0.429. The van der Waals surface area contributed by atoms with E-state index in [1.165, 1.54) is 16.8 Å². The zero-order valence-corrected chi connectivity index (χ0v) is 13.0. The van der Waals surface area contributed by atoms with Crippen LogP contribution in [0.2, 0.25) is 0 Å². The summed E-state index contributed by atoms with van der Waals surface area (Å²) in [5.41, 5.74) is 4.06. The predicted molar refractivity (Wildman–Crippen MR) is 84.0 cm³/mol. The maximum Gasteiger partial charge on any atom is 0.0662 e. The summed E-state index contributed by atoms with van der Waals surface area (Å²) < 4.78 is 2.02. The van der Waals surface area contributed by atoms with Crippen LogP contribution in [0.5, 0.6) is 0 Å². The summed E-state index contributed by atoms with van der Waals surface area (Å²) in [6.45, 7) is 10.5. The van der Waals surface area contributed by atoms with E-state index in [1.807, 2.05) is 16.9 Å². The maximum atomic E-state index is 4.32. The number of benzene rings is 1. The molecule has 1 aromatic heterocycles. The zero-order valence-electron chi connectivity index (χ0n) is 13.0. The first kappa shape index (κ1) is 14.8. The van der Waals surface area contributed by atoms with Crippen LogP contribution in [0.1, 0.15) is 37.6 Å². The molecule has 3 nitrogen and oxygen atoms in total. The fourth-order valence-electron chi connectivity index (χ4n) is 2.13. The Balaban J connectivity index is 1.88. The summed E-state index contributed by atoms with van der Waals surface area (Å²) in [7, 11) is 0. The van der Waals surface area contributed by atoms with Gasteiger partial charge < -0.3 is 5.32 Å². The van der Waals surface area contributed by atoms with Crippen molar-refractivity contribution in [3.63, 3.8) is 0 Å². The summed E-state index contributed by atoms with van der Waals surface area (Å²) in [6.07, 6.45) is 2.92. The van der Waals surface area contributed by atoms with Gasteiger partial charge in [-0.05, 0) is 57.9 Å². The van der Waals surface area contributed by atoms with Gasteiger partial charge >= 0.3 is 0 Å². The van der Waals surface area contributed by atoms with Crippen LogP contribution < -0.4 is 5.32 Å². The van der Waals surface area contributed by atoms with Gasteiger partial charge in [0.15, 0.2) is 0 Å². The molecule has 0 amide bonds. The van der Waals surface area contributed by atoms with Crippen LogP contribution in [0, 0.1) is 6.92 Å². The van der Waals surface area contributed by atoms with Crippen LogP contribution in [-0.2, 0) is 13.0 Å². The van der Waals surface area contributed by atoms with Crippen LogP contribution in [-0.4, -0.2) is 21.9 Å². The van der Waals surface area contributed by atoms with Crippen LogP contribution in [0.15, 0.2) is 36.5 Å². The monoisotopic (exact) mass is 271 g/mol. The van der Waals surface area contributed by atoms with Crippen LogP contribution in [0.3, 0.4) is 0 Å². The van der Waals surface area contributed by atoms with Gasteiger partial charge in [-0.2, -0.15) is 5.10 Å². The van der Waals surface area contributed by atoms with E-state index in [4.69, 9.17) is 0 Å². The molecule has 108 valence electrons. The summed E-state index contributed by atoms with van der Waals surface area (Å²) in [5.74, 6) is 0. The Labute approximate surface area is 122 Å². The van der Waals surface area contributed by atoms with Crippen molar-refractivity contribution in [2.45, 2.75) is 46.2 Å². The fourth-order valence-corrected chi connectivity index (χ4v) is 2.13. The van der Waals surface area contributed by atoms with Crippen molar-refractivity contribution >= 4 is 0 Å². The van der Waals surface area contributed by atoms with Gasteiger partial charge in [-0.1, -0.05) is 24.3 Å². The highest BCUT2D eigenvalue weighted by Gasteiger charge is 2.07. The second-order valence-electron chi connectivity index (χ2n) is 6.37. The average molecular weight is 271 g/mol. The van der Waals surface area contributed by atoms with Crippen LogP contribution in [0.4, 0.5) is 0 Å². The van der Waals surface area contributed by atoms with Crippen molar-refractivity contribution in [3.8, 4) is 0 Å². The molecule has 0 aliphatic rings. The van der Waals surface area contributed by atoms with E-state index in [0.29, 0.717) is 0 Å². The van der Waals surface area contributed by atoms with E-state index in [9.17, 15) is 0 Å². The summed E-state index contributed by atoms with van der Waals surface area (Å²) >= 11 is 0. The van der Waals surface area contributed by atoms with E-state index in [2.05, 4.69) is 62.4 Å². The lowest BCUT2D eigenvalue weighted by Crippen LogP contribution is -2.37. The highest BCUT2D eigenvalue weighted by atomic mass is 15.3. The van der Waals surface area contributed by atoms with E-state index in [1.54, 1.807) is 0 Å². The molecule has 0 fully saturated rings. The van der Waals surface area contributed by atoms with Gasteiger partial charge in [0.25, 0.3) is 0 Å². The Kier molecular flexibility index (Phi) is 4.61. The number of aryl methyl sites for hydroxylation is 1. The van der Waals surface area contributed by atoms with E-state index in [-0.39, 0.29) is 5.54 Å². The number of aromatic nitrogens is 2. The van der Waals surface area contributed by atoms with Gasteiger partial charge in [0.1, 0.15) is 0 Å². The summed E-state index contributed by atoms with van der Waals surface area (Å²) in [6, 6.07) is 10.9.